The van der Waals surface area contributed by atoms with Gasteiger partial charge in [0.15, 0.2) is 0 Å². The van der Waals surface area contributed by atoms with Crippen LogP contribution in [0.5, 0.6) is 0 Å². The number of hydrogen-bond donors (Lipinski definition) is 0. The van der Waals surface area contributed by atoms with Gasteiger partial charge >= 0.3 is 0 Å². The van der Waals surface area contributed by atoms with E-state index in [0.717, 1.165) is 0 Å². The van der Waals surface area contributed by atoms with Gasteiger partial charge in [0.1, 0.15) is 0 Å². The third kappa shape index (κ3) is 3.50. The van der Waals surface area contributed by atoms with E-state index in [0.29, 0.717) is 6.16 Å². The minimum absolute atomic E-state index is 0.172. The zero-order chi connectivity index (χ0) is 21.5. The van der Waals surface area contributed by atoms with E-state index in [2.05, 4.69) is 107 Å². The lowest BCUT2D eigenvalue weighted by Gasteiger charge is -2.28. The molecule has 0 saturated heterocycles. The summed E-state index contributed by atoms with van der Waals surface area (Å²) in [7, 11) is -2.39. The molecule has 0 aliphatic carbocycles. The summed E-state index contributed by atoms with van der Waals surface area (Å²) in [5.41, 5.74) is 5.34. The van der Waals surface area contributed by atoms with Crippen molar-refractivity contribution in [1.82, 2.24) is 0 Å². The van der Waals surface area contributed by atoms with Gasteiger partial charge in [-0.25, -0.2) is 0 Å². The second-order valence-electron chi connectivity index (χ2n) is 9.00. The van der Waals surface area contributed by atoms with Crippen LogP contribution in [0.2, 0.25) is 0 Å². The lowest BCUT2D eigenvalue weighted by Crippen LogP contribution is -2.11. The number of rotatable bonds is 5. The molecule has 0 saturated carbocycles. The van der Waals surface area contributed by atoms with E-state index < -0.39 is 7.14 Å². The molecule has 0 atom stereocenters. The summed E-state index contributed by atoms with van der Waals surface area (Å²) in [6.45, 7) is 10.7. The molecule has 4 aromatic carbocycles. The predicted octanol–water partition coefficient (Wildman–Crippen LogP) is 8.65. The third-order valence-electron chi connectivity index (χ3n) is 6.57. The maximum Gasteiger partial charge on any atom is 0.0967 e. The molecule has 0 heterocycles. The Hall–Kier alpha value is -2.37. The molecule has 4 rings (SSSR count). The minimum Gasteiger partial charge on any atom is -0.323 e. The van der Waals surface area contributed by atoms with Crippen molar-refractivity contribution in [2.24, 2.45) is 0 Å². The van der Waals surface area contributed by atoms with Gasteiger partial charge in [0.25, 0.3) is 0 Å². The fraction of sp³-hybridized carbons (Fsp3) is 0.286. The van der Waals surface area contributed by atoms with Gasteiger partial charge in [-0.2, -0.15) is 0 Å². The van der Waals surface area contributed by atoms with Crippen molar-refractivity contribution in [1.29, 1.82) is 0 Å². The summed E-state index contributed by atoms with van der Waals surface area (Å²) in [5, 5.41) is 4.98. The summed E-state index contributed by atoms with van der Waals surface area (Å²) in [6.07, 6.45) is 0.644. The number of benzene rings is 4. The second-order valence-corrected chi connectivity index (χ2v) is 13.1. The van der Waals surface area contributed by atoms with Crippen molar-refractivity contribution in [3.63, 3.8) is 0 Å². The summed E-state index contributed by atoms with van der Waals surface area (Å²) < 4.78 is 14.1. The Labute approximate surface area is 180 Å². The van der Waals surface area contributed by atoms with Crippen molar-refractivity contribution in [2.75, 3.05) is 0 Å². The van der Waals surface area contributed by atoms with Crippen molar-refractivity contribution in [2.45, 2.75) is 52.1 Å². The Morgan fingerprint density at radius 1 is 0.667 bits per heavy atom. The van der Waals surface area contributed by atoms with Crippen LogP contribution in [-0.4, -0.2) is 11.3 Å². The standard InChI is InChI=1S/C28H31OP/c1-19(2)30(29,20(3)4)18-24-17-16-23-11-7-9-13-26(23)28(24)27-21(5)14-15-22-10-6-8-12-25(22)27/h6-17,19-20H,18H2,1-5H3. The van der Waals surface area contributed by atoms with Gasteiger partial charge in [-0.15, -0.1) is 0 Å². The van der Waals surface area contributed by atoms with Gasteiger partial charge in [0, 0.05) is 17.5 Å². The maximum atomic E-state index is 14.1. The molecule has 30 heavy (non-hydrogen) atoms. The van der Waals surface area contributed by atoms with Gasteiger partial charge < -0.3 is 4.57 Å². The van der Waals surface area contributed by atoms with E-state index in [9.17, 15) is 4.57 Å². The lowest BCUT2D eigenvalue weighted by atomic mass is 9.88. The highest BCUT2D eigenvalue weighted by molar-refractivity contribution is 7.64. The molecular weight excluding hydrogens is 383 g/mol. The van der Waals surface area contributed by atoms with E-state index in [4.69, 9.17) is 0 Å². The highest BCUT2D eigenvalue weighted by Crippen LogP contribution is 2.59. The molecule has 4 aromatic rings. The molecular formula is C28H31OP. The topological polar surface area (TPSA) is 17.1 Å². The molecule has 0 aliphatic rings. The van der Waals surface area contributed by atoms with Crippen LogP contribution in [-0.2, 0) is 10.7 Å². The summed E-state index contributed by atoms with van der Waals surface area (Å²) in [4.78, 5) is 0. The van der Waals surface area contributed by atoms with Gasteiger partial charge in [-0.1, -0.05) is 100 Å². The molecule has 0 fully saturated rings. The molecule has 0 aliphatic heterocycles. The Morgan fingerprint density at radius 2 is 1.17 bits per heavy atom. The molecule has 2 heteroatoms. The van der Waals surface area contributed by atoms with Crippen molar-refractivity contribution < 1.29 is 4.57 Å². The summed E-state index contributed by atoms with van der Waals surface area (Å²) in [5.74, 6) is 0. The Balaban J connectivity index is 2.08. The summed E-state index contributed by atoms with van der Waals surface area (Å²) in [6, 6.07) is 26.0. The minimum atomic E-state index is -2.39. The largest absolute Gasteiger partial charge is 0.323 e. The number of fused-ring (bicyclic) bond motifs is 2. The monoisotopic (exact) mass is 414 g/mol. The quantitative estimate of drug-likeness (QED) is 0.299. The van der Waals surface area contributed by atoms with Crippen LogP contribution in [0.1, 0.15) is 38.8 Å². The first kappa shape index (κ1) is 20.9. The highest BCUT2D eigenvalue weighted by Gasteiger charge is 2.32. The van der Waals surface area contributed by atoms with Crippen LogP contribution in [0.15, 0.2) is 72.8 Å². The van der Waals surface area contributed by atoms with E-state index in [1.807, 2.05) is 0 Å². The fourth-order valence-electron chi connectivity index (χ4n) is 4.68. The maximum absolute atomic E-state index is 14.1. The normalized spacial score (nSPS) is 12.4. The SMILES string of the molecule is Cc1ccc2ccccc2c1-c1c(CP(=O)(C(C)C)C(C)C)ccc2ccccc12. The second kappa shape index (κ2) is 8.05. The zero-order valence-corrected chi connectivity index (χ0v) is 19.5. The third-order valence-corrected chi connectivity index (χ3v) is 10.9. The predicted molar refractivity (Wildman–Crippen MR) is 133 cm³/mol. The van der Waals surface area contributed by atoms with Gasteiger partial charge in [0.05, 0.1) is 7.14 Å². The van der Waals surface area contributed by atoms with Crippen molar-refractivity contribution >= 4 is 28.7 Å². The molecule has 0 unspecified atom stereocenters. The smallest absolute Gasteiger partial charge is 0.0967 e. The lowest BCUT2D eigenvalue weighted by molar-refractivity contribution is 0.560. The van der Waals surface area contributed by atoms with Crippen LogP contribution < -0.4 is 0 Å². The zero-order valence-electron chi connectivity index (χ0n) is 18.6. The summed E-state index contributed by atoms with van der Waals surface area (Å²) >= 11 is 0. The van der Waals surface area contributed by atoms with Crippen LogP contribution in [0.25, 0.3) is 32.7 Å². The first-order chi connectivity index (χ1) is 14.3. The Morgan fingerprint density at radius 3 is 1.73 bits per heavy atom. The first-order valence-electron chi connectivity index (χ1n) is 10.9. The van der Waals surface area contributed by atoms with Gasteiger partial charge in [-0.3, -0.25) is 0 Å². The average Bonchev–Trinajstić information content (AvgIpc) is 2.74. The Bertz CT molecular complexity index is 1250. The number of hydrogen-bond acceptors (Lipinski definition) is 1. The molecule has 0 aromatic heterocycles. The van der Waals surface area contributed by atoms with Crippen LogP contribution in [0, 0.1) is 6.92 Å². The Kier molecular flexibility index (Phi) is 5.60. The molecule has 0 radical (unpaired) electrons. The molecule has 0 spiro atoms. The molecule has 0 N–H and O–H groups in total. The van der Waals surface area contributed by atoms with Crippen LogP contribution in [0.4, 0.5) is 0 Å². The van der Waals surface area contributed by atoms with E-state index in [1.165, 1.54) is 43.8 Å². The van der Waals surface area contributed by atoms with E-state index >= 15 is 0 Å². The van der Waals surface area contributed by atoms with Crippen LogP contribution in [0.3, 0.4) is 0 Å². The molecule has 0 amide bonds. The number of aryl methyl sites for hydroxylation is 1. The van der Waals surface area contributed by atoms with E-state index in [-0.39, 0.29) is 11.3 Å². The molecule has 1 nitrogen and oxygen atoms in total. The van der Waals surface area contributed by atoms with Crippen molar-refractivity contribution in [3.05, 3.63) is 83.9 Å². The van der Waals surface area contributed by atoms with Gasteiger partial charge in [0.2, 0.25) is 0 Å². The molecule has 154 valence electrons. The molecule has 0 bridgehead atoms. The van der Waals surface area contributed by atoms with Crippen molar-refractivity contribution in [3.8, 4) is 11.1 Å². The van der Waals surface area contributed by atoms with E-state index in [1.54, 1.807) is 0 Å². The van der Waals surface area contributed by atoms with Crippen LogP contribution >= 0.6 is 7.14 Å². The average molecular weight is 415 g/mol. The first-order valence-corrected chi connectivity index (χ1v) is 12.9. The highest BCUT2D eigenvalue weighted by atomic mass is 31.2. The fourth-order valence-corrected chi connectivity index (χ4v) is 7.40. The van der Waals surface area contributed by atoms with Gasteiger partial charge in [-0.05, 0) is 50.7 Å².